The molecule has 0 saturated carbocycles. The molecule has 2 aliphatic rings. The Balaban J connectivity index is 1.30. The number of imidazole rings is 1. The van der Waals surface area contributed by atoms with Crippen LogP contribution in [0.5, 0.6) is 5.75 Å². The van der Waals surface area contributed by atoms with Gasteiger partial charge in [0.25, 0.3) is 5.56 Å². The first-order valence-corrected chi connectivity index (χ1v) is 13.3. The van der Waals surface area contributed by atoms with Crippen molar-refractivity contribution in [3.8, 4) is 5.75 Å². The van der Waals surface area contributed by atoms with Gasteiger partial charge in [-0.05, 0) is 24.6 Å². The minimum Gasteiger partial charge on any atom is -0.487 e. The van der Waals surface area contributed by atoms with Crippen molar-refractivity contribution in [3.63, 3.8) is 0 Å². The molecule has 0 aromatic carbocycles. The Hall–Kier alpha value is -3.97. The molecule has 2 aliphatic heterocycles. The molecule has 0 aliphatic carbocycles. The number of nitrogens with one attached hydrogen (secondary N) is 2. The van der Waals surface area contributed by atoms with Gasteiger partial charge in [0.15, 0.2) is 22.9 Å². The largest absolute Gasteiger partial charge is 0.487 e. The first-order valence-electron chi connectivity index (χ1n) is 12.9. The number of aryl methyl sites for hydroxylation is 3. The van der Waals surface area contributed by atoms with Gasteiger partial charge in [0, 0.05) is 46.0 Å². The fourth-order valence-electron chi connectivity index (χ4n) is 4.51. The maximum Gasteiger partial charge on any atom is 0.274 e. The van der Waals surface area contributed by atoms with Crippen molar-refractivity contribution in [1.82, 2.24) is 24.0 Å². The van der Waals surface area contributed by atoms with Gasteiger partial charge in [-0.3, -0.25) is 15.0 Å². The molecule has 0 spiro atoms. The third-order valence-electron chi connectivity index (χ3n) is 6.64. The normalized spacial score (nSPS) is 17.1. The Morgan fingerprint density at radius 3 is 2.83 bits per heavy atom. The van der Waals surface area contributed by atoms with Crippen LogP contribution < -0.4 is 20.9 Å². The topological polar surface area (TPSA) is 136 Å². The molecule has 3 aromatic heterocycles. The number of morpholine rings is 1. The zero-order valence-corrected chi connectivity index (χ0v) is 23.4. The number of nitrogens with two attached hydrogens (primary N) is 1. The molecule has 0 amide bonds. The van der Waals surface area contributed by atoms with Crippen LogP contribution in [0.1, 0.15) is 5.56 Å². The minimum atomic E-state index is -0.181. The molecule has 5 heterocycles. The van der Waals surface area contributed by atoms with Crippen LogP contribution in [0.3, 0.4) is 0 Å². The minimum absolute atomic E-state index is 0.181. The van der Waals surface area contributed by atoms with E-state index in [2.05, 4.69) is 20.2 Å². The summed E-state index contributed by atoms with van der Waals surface area (Å²) in [7, 11) is 3.47. The first-order chi connectivity index (χ1) is 19.3. The lowest BCUT2D eigenvalue weighted by atomic mass is 10.2. The van der Waals surface area contributed by atoms with Gasteiger partial charge in [0.1, 0.15) is 29.0 Å². The average Bonchev–Trinajstić information content (AvgIpc) is 3.27. The molecule has 40 heavy (non-hydrogen) atoms. The molecule has 1 saturated heterocycles. The Morgan fingerprint density at radius 2 is 2.10 bits per heavy atom. The molecule has 1 fully saturated rings. The van der Waals surface area contributed by atoms with Crippen LogP contribution in [0.15, 0.2) is 58.8 Å². The number of fused-ring (bicyclic) bond motifs is 1. The standard InChI is InChI=1S/C27H31ClN8O4/c1-17-12-20(26(37)34(2)16-17)32-27-33-25-24(35(27)3)23(28)22(15-31-25)40-21(13-29)19-5-4-18(14-30-19)39-11-8-36-6-9-38-10-7-36/h4-5,12-16,29-30H,6-11H2,1-3H3,(H,31,32,33)/p+1/b21-19+,29-13?. The predicted molar refractivity (Wildman–Crippen MR) is 152 cm³/mol. The van der Waals surface area contributed by atoms with Gasteiger partial charge < -0.3 is 34.1 Å². The number of aromatic nitrogens is 4. The number of nitrogens with zero attached hydrogens (tertiary/aromatic N) is 5. The van der Waals surface area contributed by atoms with Crippen molar-refractivity contribution < 1.29 is 19.5 Å². The van der Waals surface area contributed by atoms with Crippen molar-refractivity contribution in [3.05, 3.63) is 75.0 Å². The van der Waals surface area contributed by atoms with Crippen molar-refractivity contribution >= 4 is 40.6 Å². The van der Waals surface area contributed by atoms with E-state index in [0.717, 1.165) is 50.4 Å². The number of rotatable bonds is 9. The lowest BCUT2D eigenvalue weighted by Crippen LogP contribution is -2.77. The Kier molecular flexibility index (Phi) is 8.31. The number of pyridine rings is 2. The van der Waals surface area contributed by atoms with E-state index in [1.807, 2.05) is 30.6 Å². The smallest absolute Gasteiger partial charge is 0.274 e. The van der Waals surface area contributed by atoms with Gasteiger partial charge in [-0.2, -0.15) is 4.98 Å². The maximum atomic E-state index is 12.6. The van der Waals surface area contributed by atoms with Gasteiger partial charge in [-0.25, -0.2) is 4.98 Å². The molecule has 4 N–H and O–H groups in total. The van der Waals surface area contributed by atoms with Crippen LogP contribution in [0, 0.1) is 12.3 Å². The van der Waals surface area contributed by atoms with Crippen LogP contribution in [0.25, 0.3) is 11.2 Å². The number of halogens is 1. The van der Waals surface area contributed by atoms with E-state index in [-0.39, 0.29) is 16.3 Å². The molecule has 0 unspecified atom stereocenters. The highest BCUT2D eigenvalue weighted by Crippen LogP contribution is 2.34. The Labute approximate surface area is 236 Å². The second-order valence-corrected chi connectivity index (χ2v) is 9.89. The summed E-state index contributed by atoms with van der Waals surface area (Å²) in [5.41, 5.74) is 2.74. The van der Waals surface area contributed by atoms with Gasteiger partial charge >= 0.3 is 0 Å². The summed E-state index contributed by atoms with van der Waals surface area (Å²) in [6, 6.07) is 1.76. The summed E-state index contributed by atoms with van der Waals surface area (Å²) in [5.74, 6) is 1.72. The second kappa shape index (κ2) is 12.0. The van der Waals surface area contributed by atoms with Crippen molar-refractivity contribution in [2.75, 3.05) is 44.8 Å². The summed E-state index contributed by atoms with van der Waals surface area (Å²) in [6.07, 6.45) is 9.88. The van der Waals surface area contributed by atoms with Crippen molar-refractivity contribution in [1.29, 1.82) is 5.41 Å². The molecule has 0 atom stereocenters. The van der Waals surface area contributed by atoms with Crippen LogP contribution in [-0.2, 0) is 23.6 Å². The van der Waals surface area contributed by atoms with E-state index in [4.69, 9.17) is 31.2 Å². The molecule has 5 rings (SSSR count). The Bertz CT molecular complexity index is 1580. The summed E-state index contributed by atoms with van der Waals surface area (Å²) in [6.45, 7) is 6.69. The van der Waals surface area contributed by atoms with Gasteiger partial charge in [0.2, 0.25) is 11.7 Å². The molecule has 12 nitrogen and oxygen atoms in total. The lowest BCUT2D eigenvalue weighted by molar-refractivity contribution is -0.534. The van der Waals surface area contributed by atoms with E-state index in [0.29, 0.717) is 40.9 Å². The monoisotopic (exact) mass is 567 g/mol. The number of quaternary nitrogens is 1. The SMILES string of the molecule is Cc1cc(Nc2nc3ncc(O/C(C=N)=C4\C=CC(OCCN5CCOCC5)=C[NH2+]4)c(Cl)c3n2C)c(=O)n(C)c1. The fraction of sp³-hybridized carbons (Fsp3) is 0.333. The maximum absolute atomic E-state index is 12.6. The Morgan fingerprint density at radius 1 is 1.30 bits per heavy atom. The fourth-order valence-corrected chi connectivity index (χ4v) is 4.81. The van der Waals surface area contributed by atoms with E-state index in [1.54, 1.807) is 30.9 Å². The van der Waals surface area contributed by atoms with Crippen LogP contribution >= 0.6 is 11.6 Å². The molecule has 3 aromatic rings. The zero-order valence-electron chi connectivity index (χ0n) is 22.6. The molecular formula is C27H32ClN8O4+. The lowest BCUT2D eigenvalue weighted by Gasteiger charge is -2.26. The summed E-state index contributed by atoms with van der Waals surface area (Å²) in [4.78, 5) is 23.8. The van der Waals surface area contributed by atoms with Crippen LogP contribution in [-0.4, -0.2) is 69.7 Å². The highest BCUT2D eigenvalue weighted by atomic mass is 35.5. The van der Waals surface area contributed by atoms with Gasteiger partial charge in [-0.1, -0.05) is 11.6 Å². The highest BCUT2D eigenvalue weighted by Gasteiger charge is 2.20. The number of allylic oxidation sites excluding steroid dienone is 3. The van der Waals surface area contributed by atoms with E-state index >= 15 is 0 Å². The summed E-state index contributed by atoms with van der Waals surface area (Å²) >= 11 is 6.74. The molecule has 210 valence electrons. The summed E-state index contributed by atoms with van der Waals surface area (Å²) < 4.78 is 20.5. The van der Waals surface area contributed by atoms with Crippen LogP contribution in [0.2, 0.25) is 5.02 Å². The molecular weight excluding hydrogens is 536 g/mol. The first kappa shape index (κ1) is 27.6. The van der Waals surface area contributed by atoms with Crippen molar-refractivity contribution in [2.45, 2.75) is 6.92 Å². The molecule has 0 radical (unpaired) electrons. The average molecular weight is 568 g/mol. The van der Waals surface area contributed by atoms with E-state index in [1.165, 1.54) is 10.8 Å². The number of anilines is 2. The van der Waals surface area contributed by atoms with Crippen molar-refractivity contribution in [2.24, 2.45) is 14.1 Å². The quantitative estimate of drug-likeness (QED) is 0.264. The van der Waals surface area contributed by atoms with E-state index in [9.17, 15) is 4.79 Å². The van der Waals surface area contributed by atoms with E-state index < -0.39 is 0 Å². The van der Waals surface area contributed by atoms with Gasteiger partial charge in [0.05, 0.1) is 25.6 Å². The number of ether oxygens (including phenoxy) is 3. The second-order valence-electron chi connectivity index (χ2n) is 9.51. The zero-order chi connectivity index (χ0) is 28.2. The van der Waals surface area contributed by atoms with Gasteiger partial charge in [-0.15, -0.1) is 0 Å². The predicted octanol–water partition coefficient (Wildman–Crippen LogP) is 1.94. The molecule has 13 heteroatoms. The molecule has 0 bridgehead atoms. The highest BCUT2D eigenvalue weighted by molar-refractivity contribution is 6.36. The number of hydrogen-bond acceptors (Lipinski definition) is 9. The number of hydrogen-bond donors (Lipinski definition) is 3. The third-order valence-corrected chi connectivity index (χ3v) is 7.01. The third kappa shape index (κ3) is 5.94. The summed E-state index contributed by atoms with van der Waals surface area (Å²) in [5, 5.41) is 13.1. The van der Waals surface area contributed by atoms with Crippen LogP contribution in [0.4, 0.5) is 11.6 Å².